The van der Waals surface area contributed by atoms with Crippen LogP contribution in [0.1, 0.15) is 21.6 Å². The first-order valence-corrected chi connectivity index (χ1v) is 8.47. The van der Waals surface area contributed by atoms with Crippen molar-refractivity contribution < 1.29 is 14.3 Å². The lowest BCUT2D eigenvalue weighted by atomic mass is 10.1. The molecule has 1 amide bonds. The van der Waals surface area contributed by atoms with Gasteiger partial charge in [0.05, 0.1) is 0 Å². The minimum absolute atomic E-state index is 0.188. The van der Waals surface area contributed by atoms with Crippen LogP contribution in [0.4, 0.5) is 17.2 Å². The van der Waals surface area contributed by atoms with Gasteiger partial charge in [0, 0.05) is 17.4 Å². The molecule has 2 aromatic carbocycles. The second-order valence-corrected chi connectivity index (χ2v) is 6.27. The fourth-order valence-electron chi connectivity index (χ4n) is 2.78. The summed E-state index contributed by atoms with van der Waals surface area (Å²) in [5, 5.41) is 14.1. The number of hydrogen-bond donors (Lipinski definition) is 2. The average molecular weight is 362 g/mol. The van der Waals surface area contributed by atoms with E-state index in [9.17, 15) is 4.79 Å². The van der Waals surface area contributed by atoms with E-state index in [0.717, 1.165) is 11.3 Å². The van der Waals surface area contributed by atoms with Crippen LogP contribution in [0, 0.1) is 13.8 Å². The Hall–Kier alpha value is -3.61. The number of aromatic nitrogens is 2. The van der Waals surface area contributed by atoms with Gasteiger partial charge < -0.3 is 20.1 Å². The molecule has 7 nitrogen and oxygen atoms in total. The molecule has 2 heterocycles. The Kier molecular flexibility index (Phi) is 4.33. The Labute approximate surface area is 156 Å². The van der Waals surface area contributed by atoms with E-state index in [1.807, 2.05) is 26.0 Å². The number of ether oxygens (including phenoxy) is 2. The Bertz CT molecular complexity index is 1000. The maximum atomic E-state index is 12.4. The van der Waals surface area contributed by atoms with E-state index in [1.165, 1.54) is 5.56 Å². The number of fused-ring (bicyclic) bond motifs is 1. The summed E-state index contributed by atoms with van der Waals surface area (Å²) in [7, 11) is 0. The van der Waals surface area contributed by atoms with Gasteiger partial charge in [0.15, 0.2) is 23.0 Å². The lowest BCUT2D eigenvalue weighted by Gasteiger charge is -2.09. The number of carbonyl (C=O) groups excluding carboxylic acids is 1. The van der Waals surface area contributed by atoms with Gasteiger partial charge in [-0.2, -0.15) is 0 Å². The Morgan fingerprint density at radius 2 is 1.81 bits per heavy atom. The molecule has 27 heavy (non-hydrogen) atoms. The van der Waals surface area contributed by atoms with Crippen LogP contribution in [0.3, 0.4) is 0 Å². The van der Waals surface area contributed by atoms with Crippen LogP contribution >= 0.6 is 0 Å². The van der Waals surface area contributed by atoms with Crippen LogP contribution in [-0.2, 0) is 0 Å². The number of benzene rings is 2. The SMILES string of the molecule is Cc1ccc(Nc2ccc(C(=O)Nc3ccc4c(c3)OCO4)nn2)c(C)c1. The molecule has 0 aliphatic carbocycles. The summed E-state index contributed by atoms with van der Waals surface area (Å²) >= 11 is 0. The van der Waals surface area contributed by atoms with Crippen molar-refractivity contribution in [2.75, 3.05) is 17.4 Å². The molecule has 7 heteroatoms. The summed E-state index contributed by atoms with van der Waals surface area (Å²) in [4.78, 5) is 12.4. The highest BCUT2D eigenvalue weighted by Crippen LogP contribution is 2.34. The van der Waals surface area contributed by atoms with Gasteiger partial charge in [0.25, 0.3) is 5.91 Å². The predicted octanol–water partition coefficient (Wildman–Crippen LogP) is 3.82. The summed E-state index contributed by atoms with van der Waals surface area (Å²) in [6.45, 7) is 4.26. The summed E-state index contributed by atoms with van der Waals surface area (Å²) < 4.78 is 10.6. The predicted molar refractivity (Wildman–Crippen MR) is 102 cm³/mol. The number of anilines is 3. The lowest BCUT2D eigenvalue weighted by Crippen LogP contribution is -2.14. The van der Waals surface area contributed by atoms with E-state index < -0.39 is 0 Å². The van der Waals surface area contributed by atoms with E-state index in [-0.39, 0.29) is 18.4 Å². The number of carbonyl (C=O) groups is 1. The summed E-state index contributed by atoms with van der Waals surface area (Å²) in [5.74, 6) is 1.49. The number of nitrogens with zero attached hydrogens (tertiary/aromatic N) is 2. The molecule has 0 bridgehead atoms. The van der Waals surface area contributed by atoms with Crippen molar-refractivity contribution in [2.24, 2.45) is 0 Å². The van der Waals surface area contributed by atoms with Gasteiger partial charge in [-0.05, 0) is 49.7 Å². The summed E-state index contributed by atoms with van der Waals surface area (Å²) in [6.07, 6.45) is 0. The van der Waals surface area contributed by atoms with Gasteiger partial charge in [-0.1, -0.05) is 17.7 Å². The quantitative estimate of drug-likeness (QED) is 0.734. The van der Waals surface area contributed by atoms with Gasteiger partial charge in [-0.25, -0.2) is 0 Å². The standard InChI is InChI=1S/C20H18N4O3/c1-12-3-5-15(13(2)9-12)22-19-8-6-16(23-24-19)20(25)21-14-4-7-17-18(10-14)27-11-26-17/h3-10H,11H2,1-2H3,(H,21,25)(H,22,24). The molecule has 2 N–H and O–H groups in total. The van der Waals surface area contributed by atoms with Crippen molar-refractivity contribution in [2.45, 2.75) is 13.8 Å². The number of hydrogen-bond acceptors (Lipinski definition) is 6. The van der Waals surface area contributed by atoms with Crippen LogP contribution in [0.2, 0.25) is 0 Å². The molecule has 0 fully saturated rings. The lowest BCUT2D eigenvalue weighted by molar-refractivity contribution is 0.102. The maximum Gasteiger partial charge on any atom is 0.276 e. The zero-order valence-electron chi connectivity index (χ0n) is 14.9. The fourth-order valence-corrected chi connectivity index (χ4v) is 2.78. The first-order chi connectivity index (χ1) is 13.1. The summed E-state index contributed by atoms with van der Waals surface area (Å²) in [6, 6.07) is 14.7. The first-order valence-electron chi connectivity index (χ1n) is 8.47. The minimum atomic E-state index is -0.348. The number of amides is 1. The molecule has 0 spiro atoms. The van der Waals surface area contributed by atoms with E-state index in [4.69, 9.17) is 9.47 Å². The minimum Gasteiger partial charge on any atom is -0.454 e. The van der Waals surface area contributed by atoms with Gasteiger partial charge in [-0.3, -0.25) is 4.79 Å². The Morgan fingerprint density at radius 3 is 2.59 bits per heavy atom. The van der Waals surface area contributed by atoms with Gasteiger partial charge >= 0.3 is 0 Å². The molecule has 136 valence electrons. The van der Waals surface area contributed by atoms with Crippen LogP contribution < -0.4 is 20.1 Å². The van der Waals surface area contributed by atoms with E-state index in [2.05, 4.69) is 26.9 Å². The van der Waals surface area contributed by atoms with Crippen LogP contribution in [0.5, 0.6) is 11.5 Å². The molecule has 1 aliphatic heterocycles. The van der Waals surface area contributed by atoms with Crippen molar-refractivity contribution in [3.8, 4) is 11.5 Å². The molecule has 4 rings (SSSR count). The van der Waals surface area contributed by atoms with Crippen molar-refractivity contribution in [3.05, 3.63) is 65.4 Å². The second-order valence-electron chi connectivity index (χ2n) is 6.27. The molecule has 0 saturated heterocycles. The van der Waals surface area contributed by atoms with Gasteiger partial charge in [0.1, 0.15) is 0 Å². The first kappa shape index (κ1) is 16.8. The molecule has 0 unspecified atom stereocenters. The topological polar surface area (TPSA) is 85.4 Å². The highest BCUT2D eigenvalue weighted by molar-refractivity contribution is 6.03. The van der Waals surface area contributed by atoms with Crippen molar-refractivity contribution in [1.82, 2.24) is 10.2 Å². The van der Waals surface area contributed by atoms with Crippen molar-refractivity contribution in [3.63, 3.8) is 0 Å². The van der Waals surface area contributed by atoms with Crippen molar-refractivity contribution in [1.29, 1.82) is 0 Å². The third-order valence-corrected chi connectivity index (χ3v) is 4.17. The monoisotopic (exact) mass is 362 g/mol. The zero-order chi connectivity index (χ0) is 18.8. The highest BCUT2D eigenvalue weighted by atomic mass is 16.7. The smallest absolute Gasteiger partial charge is 0.276 e. The van der Waals surface area contributed by atoms with Gasteiger partial charge in [-0.15, -0.1) is 10.2 Å². The van der Waals surface area contributed by atoms with Crippen LogP contribution in [0.25, 0.3) is 0 Å². The maximum absolute atomic E-state index is 12.4. The third-order valence-electron chi connectivity index (χ3n) is 4.17. The molecule has 0 radical (unpaired) electrons. The Balaban J connectivity index is 1.44. The Morgan fingerprint density at radius 1 is 0.963 bits per heavy atom. The molecular formula is C20H18N4O3. The molecule has 0 atom stereocenters. The average Bonchev–Trinajstić information content (AvgIpc) is 3.12. The normalized spacial score (nSPS) is 11.9. The molecule has 3 aromatic rings. The molecular weight excluding hydrogens is 344 g/mol. The molecule has 1 aromatic heterocycles. The van der Waals surface area contributed by atoms with Gasteiger partial charge in [0.2, 0.25) is 6.79 Å². The van der Waals surface area contributed by atoms with E-state index >= 15 is 0 Å². The summed E-state index contributed by atoms with van der Waals surface area (Å²) in [5.41, 5.74) is 4.08. The number of aryl methyl sites for hydroxylation is 2. The third kappa shape index (κ3) is 3.67. The number of rotatable bonds is 4. The molecule has 0 saturated carbocycles. The highest BCUT2D eigenvalue weighted by Gasteiger charge is 2.15. The van der Waals surface area contributed by atoms with E-state index in [1.54, 1.807) is 30.3 Å². The number of nitrogens with one attached hydrogen (secondary N) is 2. The second kappa shape index (κ2) is 6.95. The zero-order valence-corrected chi connectivity index (χ0v) is 14.9. The van der Waals surface area contributed by atoms with E-state index in [0.29, 0.717) is 23.0 Å². The van der Waals surface area contributed by atoms with Crippen molar-refractivity contribution >= 4 is 23.1 Å². The largest absolute Gasteiger partial charge is 0.454 e. The van der Waals surface area contributed by atoms with Crippen LogP contribution in [-0.4, -0.2) is 22.9 Å². The van der Waals surface area contributed by atoms with Crippen LogP contribution in [0.15, 0.2) is 48.5 Å². The molecule has 1 aliphatic rings. The fraction of sp³-hybridized carbons (Fsp3) is 0.150.